The van der Waals surface area contributed by atoms with Crippen LogP contribution in [0, 0.1) is 19.7 Å². The second-order valence-electron chi connectivity index (χ2n) is 7.94. The Bertz CT molecular complexity index is 1060. The molecule has 2 heterocycles. The lowest BCUT2D eigenvalue weighted by atomic mass is 10.0. The maximum atomic E-state index is 14.1. The number of H-pyrrole nitrogens is 2. The molecular weight excluding hydrogens is 399 g/mol. The van der Waals surface area contributed by atoms with Gasteiger partial charge in [-0.2, -0.15) is 5.10 Å². The molecule has 1 aliphatic heterocycles. The quantitative estimate of drug-likeness (QED) is 0.630. The summed E-state index contributed by atoms with van der Waals surface area (Å²) in [6.45, 7) is 7.06. The topological polar surface area (TPSA) is 83.2 Å². The molecule has 7 nitrogen and oxygen atoms in total. The molecule has 1 saturated heterocycles. The minimum Gasteiger partial charge on any atom is -0.349 e. The first kappa shape index (κ1) is 21.4. The van der Waals surface area contributed by atoms with E-state index in [4.69, 9.17) is 9.47 Å². The fourth-order valence-electron chi connectivity index (χ4n) is 4.06. The average Bonchev–Trinajstić information content (AvgIpc) is 3.17. The van der Waals surface area contributed by atoms with Crippen LogP contribution in [-0.2, 0) is 16.0 Å². The van der Waals surface area contributed by atoms with E-state index in [1.807, 2.05) is 49.4 Å². The highest BCUT2D eigenvalue weighted by atomic mass is 19.1. The number of nitrogens with one attached hydrogen (secondary N) is 2. The van der Waals surface area contributed by atoms with Gasteiger partial charge in [0.2, 0.25) is 0 Å². The molecule has 8 heteroatoms. The summed E-state index contributed by atoms with van der Waals surface area (Å²) in [6, 6.07) is 13.4. The molecule has 0 saturated carbocycles. The Morgan fingerprint density at radius 1 is 1.26 bits per heavy atom. The molecule has 3 unspecified atom stereocenters. The maximum Gasteiger partial charge on any atom is 0.340 e. The molecule has 0 radical (unpaired) electrons. The van der Waals surface area contributed by atoms with Crippen LogP contribution in [0.3, 0.4) is 0 Å². The van der Waals surface area contributed by atoms with Crippen molar-refractivity contribution in [3.8, 4) is 0 Å². The van der Waals surface area contributed by atoms with Crippen molar-refractivity contribution in [1.82, 2.24) is 20.1 Å². The van der Waals surface area contributed by atoms with E-state index in [0.717, 1.165) is 11.1 Å². The fraction of sp³-hybridized carbons (Fsp3) is 0.391. The average molecular weight is 426 g/mol. The second-order valence-corrected chi connectivity index (χ2v) is 7.94. The number of aryl methyl sites for hydroxylation is 2. The largest absolute Gasteiger partial charge is 0.349 e. The van der Waals surface area contributed by atoms with Crippen molar-refractivity contribution >= 4 is 0 Å². The third-order valence-corrected chi connectivity index (χ3v) is 5.62. The molecule has 0 amide bonds. The van der Waals surface area contributed by atoms with Crippen LogP contribution in [0.25, 0.3) is 0 Å². The van der Waals surface area contributed by atoms with Gasteiger partial charge in [0, 0.05) is 6.54 Å². The first-order chi connectivity index (χ1) is 14.9. The molecule has 0 aliphatic carbocycles. The predicted molar refractivity (Wildman–Crippen MR) is 114 cm³/mol. The lowest BCUT2D eigenvalue weighted by Gasteiger charge is -2.41. The Morgan fingerprint density at radius 2 is 1.97 bits per heavy atom. The molecule has 1 aromatic heterocycles. The molecule has 4 rings (SSSR count). The number of aromatic amines is 2. The third kappa shape index (κ3) is 4.76. The fourth-order valence-corrected chi connectivity index (χ4v) is 4.06. The normalized spacial score (nSPS) is 20.6. The maximum absolute atomic E-state index is 14.1. The number of hydrogen-bond donors (Lipinski definition) is 2. The van der Waals surface area contributed by atoms with E-state index in [-0.39, 0.29) is 23.7 Å². The number of nitrogens with zero attached hydrogens (tertiary/aromatic N) is 2. The van der Waals surface area contributed by atoms with Crippen molar-refractivity contribution in [2.45, 2.75) is 45.8 Å². The second kappa shape index (κ2) is 9.13. The summed E-state index contributed by atoms with van der Waals surface area (Å²) in [5.74, 6) is 0.371. The van der Waals surface area contributed by atoms with Crippen LogP contribution in [0.5, 0.6) is 0 Å². The van der Waals surface area contributed by atoms with Crippen LogP contribution in [0.15, 0.2) is 47.3 Å². The minimum absolute atomic E-state index is 0.189. The van der Waals surface area contributed by atoms with Gasteiger partial charge in [-0.3, -0.25) is 9.88 Å². The number of benzene rings is 2. The van der Waals surface area contributed by atoms with Gasteiger partial charge in [0.05, 0.1) is 25.3 Å². The van der Waals surface area contributed by atoms with Gasteiger partial charge in [0.15, 0.2) is 6.29 Å². The number of rotatable bonds is 6. The van der Waals surface area contributed by atoms with Crippen molar-refractivity contribution < 1.29 is 13.9 Å². The number of halogens is 1. The number of aromatic nitrogens is 3. The van der Waals surface area contributed by atoms with Gasteiger partial charge in [-0.15, -0.1) is 0 Å². The van der Waals surface area contributed by atoms with Gasteiger partial charge in [-0.25, -0.2) is 14.3 Å². The van der Waals surface area contributed by atoms with E-state index in [1.54, 1.807) is 13.8 Å². The van der Waals surface area contributed by atoms with Gasteiger partial charge in [-0.05, 0) is 43.0 Å². The van der Waals surface area contributed by atoms with Gasteiger partial charge in [0.1, 0.15) is 11.6 Å². The molecule has 1 fully saturated rings. The Hall–Kier alpha value is -2.81. The van der Waals surface area contributed by atoms with E-state index in [0.29, 0.717) is 36.6 Å². The summed E-state index contributed by atoms with van der Waals surface area (Å²) < 4.78 is 26.5. The van der Waals surface area contributed by atoms with Crippen LogP contribution >= 0.6 is 0 Å². The zero-order chi connectivity index (χ0) is 22.0. The van der Waals surface area contributed by atoms with Crippen molar-refractivity contribution in [2.75, 3.05) is 13.2 Å². The summed E-state index contributed by atoms with van der Waals surface area (Å²) >= 11 is 0. The molecule has 3 aromatic rings. The highest BCUT2D eigenvalue weighted by molar-refractivity contribution is 5.31. The smallest absolute Gasteiger partial charge is 0.340 e. The molecular formula is C23H27FN4O3. The summed E-state index contributed by atoms with van der Waals surface area (Å²) in [5.41, 5.74) is 2.81. The zero-order valence-electron chi connectivity index (χ0n) is 17.9. The molecule has 0 bridgehead atoms. The first-order valence-electron chi connectivity index (χ1n) is 10.4. The molecule has 3 atom stereocenters. The van der Waals surface area contributed by atoms with Gasteiger partial charge in [-0.1, -0.05) is 42.5 Å². The Morgan fingerprint density at radius 3 is 2.61 bits per heavy atom. The number of morpholine rings is 1. The highest BCUT2D eigenvalue weighted by Gasteiger charge is 2.36. The van der Waals surface area contributed by atoms with Gasteiger partial charge < -0.3 is 9.47 Å². The predicted octanol–water partition coefficient (Wildman–Crippen LogP) is 3.53. The molecule has 0 spiro atoms. The van der Waals surface area contributed by atoms with E-state index in [1.165, 1.54) is 0 Å². The zero-order valence-corrected chi connectivity index (χ0v) is 17.9. The number of hydrogen-bond acceptors (Lipinski definition) is 5. The third-order valence-electron chi connectivity index (χ3n) is 5.62. The monoisotopic (exact) mass is 426 g/mol. The molecule has 2 N–H and O–H groups in total. The first-order valence-corrected chi connectivity index (χ1v) is 10.4. The van der Waals surface area contributed by atoms with Crippen molar-refractivity contribution in [2.24, 2.45) is 0 Å². The number of ether oxygens (including phenoxy) is 2. The molecule has 31 heavy (non-hydrogen) atoms. The molecule has 164 valence electrons. The summed E-state index contributed by atoms with van der Waals surface area (Å²) in [6.07, 6.45) is -0.832. The van der Waals surface area contributed by atoms with Crippen LogP contribution in [0.2, 0.25) is 0 Å². The van der Waals surface area contributed by atoms with Crippen LogP contribution in [0.4, 0.5) is 4.39 Å². The summed E-state index contributed by atoms with van der Waals surface area (Å²) in [7, 11) is 0. The van der Waals surface area contributed by atoms with Crippen LogP contribution in [0.1, 0.15) is 47.1 Å². The van der Waals surface area contributed by atoms with Gasteiger partial charge >= 0.3 is 5.69 Å². The SMILES string of the molecule is Cc1cc(C(C)OC2OCCN(Cc3n[nH]c(=O)[nH]3)C2c2ccccc2)cc(C)c1F. The van der Waals surface area contributed by atoms with Crippen molar-refractivity contribution in [1.29, 1.82) is 0 Å². The molecule has 1 aliphatic rings. The summed E-state index contributed by atoms with van der Waals surface area (Å²) in [4.78, 5) is 16.4. The van der Waals surface area contributed by atoms with E-state index in [9.17, 15) is 9.18 Å². The van der Waals surface area contributed by atoms with Crippen LogP contribution < -0.4 is 5.69 Å². The Balaban J connectivity index is 1.60. The standard InChI is InChI=1S/C23H27FN4O3/c1-14-11-18(12-15(2)20(14)24)16(3)31-22-21(17-7-5-4-6-8-17)28(9-10-30-22)13-19-25-23(29)27-26-19/h4-8,11-12,16,21-22H,9-10,13H2,1-3H3,(H2,25,26,27,29). The Kier molecular flexibility index (Phi) is 6.31. The lowest BCUT2D eigenvalue weighted by Crippen LogP contribution is -2.46. The lowest BCUT2D eigenvalue weighted by molar-refractivity contribution is -0.231. The summed E-state index contributed by atoms with van der Waals surface area (Å²) in [5, 5.41) is 6.46. The minimum atomic E-state index is -0.539. The molecule has 2 aromatic carbocycles. The van der Waals surface area contributed by atoms with Crippen LogP contribution in [-0.4, -0.2) is 39.5 Å². The van der Waals surface area contributed by atoms with E-state index in [2.05, 4.69) is 20.1 Å². The Labute approximate surface area is 180 Å². The van der Waals surface area contributed by atoms with E-state index >= 15 is 0 Å². The van der Waals surface area contributed by atoms with Crippen molar-refractivity contribution in [3.05, 3.63) is 86.8 Å². The van der Waals surface area contributed by atoms with Crippen molar-refractivity contribution in [3.63, 3.8) is 0 Å². The van der Waals surface area contributed by atoms with Gasteiger partial charge in [0.25, 0.3) is 0 Å². The van der Waals surface area contributed by atoms with E-state index < -0.39 is 6.29 Å². The highest BCUT2D eigenvalue weighted by Crippen LogP contribution is 2.34.